The first-order valence-electron chi connectivity index (χ1n) is 6.80. The molecule has 1 saturated heterocycles. The lowest BCUT2D eigenvalue weighted by molar-refractivity contribution is 0.135. The van der Waals surface area contributed by atoms with Crippen LogP contribution in [0.1, 0.15) is 39.0 Å². The van der Waals surface area contributed by atoms with E-state index in [2.05, 4.69) is 17.1 Å². The maximum Gasteiger partial charge on any atom is 0.0223 e. The minimum absolute atomic E-state index is 0.828. The van der Waals surface area contributed by atoms with Gasteiger partial charge in [-0.2, -0.15) is 0 Å². The van der Waals surface area contributed by atoms with Gasteiger partial charge in [0.15, 0.2) is 0 Å². The van der Waals surface area contributed by atoms with Crippen LogP contribution in [0, 0.1) is 11.8 Å². The highest BCUT2D eigenvalue weighted by molar-refractivity contribution is 4.94. The average molecular weight is 208 g/mol. The third-order valence-electron chi connectivity index (χ3n) is 4.61. The Kier molecular flexibility index (Phi) is 2.73. The summed E-state index contributed by atoms with van der Waals surface area (Å²) in [5.74, 6) is 2.00. The highest BCUT2D eigenvalue weighted by Crippen LogP contribution is 2.35. The zero-order chi connectivity index (χ0) is 10.3. The molecule has 2 aliphatic carbocycles. The fourth-order valence-electron chi connectivity index (χ4n) is 3.46. The molecule has 3 aliphatic rings. The Morgan fingerprint density at radius 2 is 2.00 bits per heavy atom. The first kappa shape index (κ1) is 10.1. The van der Waals surface area contributed by atoms with Gasteiger partial charge in [-0.1, -0.05) is 6.92 Å². The second-order valence-corrected chi connectivity index (χ2v) is 5.97. The number of nitrogens with zero attached hydrogens (tertiary/aromatic N) is 1. The maximum atomic E-state index is 3.70. The molecule has 2 heteroatoms. The summed E-state index contributed by atoms with van der Waals surface area (Å²) in [7, 11) is 0. The molecule has 2 nitrogen and oxygen atoms in total. The Balaban J connectivity index is 1.56. The first-order chi connectivity index (χ1) is 7.33. The van der Waals surface area contributed by atoms with Crippen molar-refractivity contribution in [2.45, 2.75) is 51.1 Å². The van der Waals surface area contributed by atoms with Crippen molar-refractivity contribution in [1.82, 2.24) is 10.2 Å². The van der Waals surface area contributed by atoms with Crippen LogP contribution in [0.2, 0.25) is 0 Å². The summed E-state index contributed by atoms with van der Waals surface area (Å²) in [5, 5.41) is 3.70. The van der Waals surface area contributed by atoms with Gasteiger partial charge in [0, 0.05) is 31.7 Å². The van der Waals surface area contributed by atoms with Crippen molar-refractivity contribution in [3.8, 4) is 0 Å². The molecule has 86 valence electrons. The van der Waals surface area contributed by atoms with E-state index < -0.39 is 0 Å². The quantitative estimate of drug-likeness (QED) is 0.745. The van der Waals surface area contributed by atoms with Gasteiger partial charge in [-0.3, -0.25) is 4.90 Å². The molecule has 3 atom stereocenters. The Hall–Kier alpha value is -0.0800. The van der Waals surface area contributed by atoms with Gasteiger partial charge in [-0.25, -0.2) is 0 Å². The molecule has 0 bridgehead atoms. The van der Waals surface area contributed by atoms with Gasteiger partial charge in [0.05, 0.1) is 0 Å². The van der Waals surface area contributed by atoms with Gasteiger partial charge in [0.1, 0.15) is 0 Å². The summed E-state index contributed by atoms with van der Waals surface area (Å²) in [5.41, 5.74) is 0. The Labute approximate surface area is 93.4 Å². The van der Waals surface area contributed by atoms with Gasteiger partial charge in [0.25, 0.3) is 0 Å². The number of piperazine rings is 1. The first-order valence-corrected chi connectivity index (χ1v) is 6.80. The van der Waals surface area contributed by atoms with Crippen molar-refractivity contribution in [2.24, 2.45) is 11.8 Å². The van der Waals surface area contributed by atoms with E-state index in [9.17, 15) is 0 Å². The van der Waals surface area contributed by atoms with E-state index in [0.29, 0.717) is 0 Å². The molecule has 3 fully saturated rings. The van der Waals surface area contributed by atoms with Crippen LogP contribution in [0.4, 0.5) is 0 Å². The van der Waals surface area contributed by atoms with E-state index in [-0.39, 0.29) is 0 Å². The largest absolute Gasteiger partial charge is 0.311 e. The second-order valence-electron chi connectivity index (χ2n) is 5.97. The molecule has 1 heterocycles. The number of nitrogens with one attached hydrogen (secondary N) is 1. The summed E-state index contributed by atoms with van der Waals surface area (Å²) in [6, 6.07) is 1.75. The molecule has 0 radical (unpaired) electrons. The number of hydrogen-bond acceptors (Lipinski definition) is 2. The van der Waals surface area contributed by atoms with Crippen LogP contribution in [0.25, 0.3) is 0 Å². The second kappa shape index (κ2) is 4.06. The molecule has 0 aromatic heterocycles. The van der Waals surface area contributed by atoms with E-state index in [1.54, 1.807) is 0 Å². The summed E-state index contributed by atoms with van der Waals surface area (Å²) in [6.07, 6.45) is 7.33. The van der Waals surface area contributed by atoms with Crippen molar-refractivity contribution in [3.05, 3.63) is 0 Å². The van der Waals surface area contributed by atoms with Crippen molar-refractivity contribution in [2.75, 3.05) is 19.6 Å². The SMILES string of the molecule is CC1CCC(N2CCNC(C3CC3)C2)C1. The standard InChI is InChI=1S/C13H24N2/c1-10-2-5-12(8-10)15-7-6-14-13(9-15)11-3-4-11/h10-14H,2-9H2,1H3. The van der Waals surface area contributed by atoms with E-state index >= 15 is 0 Å². The lowest BCUT2D eigenvalue weighted by Crippen LogP contribution is -2.54. The number of rotatable bonds is 2. The molecule has 3 rings (SSSR count). The molecule has 3 unspecified atom stereocenters. The normalized spacial score (nSPS) is 43.4. The van der Waals surface area contributed by atoms with Crippen LogP contribution in [0.5, 0.6) is 0 Å². The smallest absolute Gasteiger partial charge is 0.0223 e. The fourth-order valence-corrected chi connectivity index (χ4v) is 3.46. The van der Waals surface area contributed by atoms with Gasteiger partial charge in [0.2, 0.25) is 0 Å². The van der Waals surface area contributed by atoms with E-state index in [1.165, 1.54) is 51.7 Å². The summed E-state index contributed by atoms with van der Waals surface area (Å²) < 4.78 is 0. The zero-order valence-corrected chi connectivity index (χ0v) is 9.91. The number of hydrogen-bond donors (Lipinski definition) is 1. The van der Waals surface area contributed by atoms with Crippen molar-refractivity contribution in [1.29, 1.82) is 0 Å². The van der Waals surface area contributed by atoms with Crippen LogP contribution < -0.4 is 5.32 Å². The molecular formula is C13H24N2. The lowest BCUT2D eigenvalue weighted by atomic mass is 10.1. The maximum absolute atomic E-state index is 3.70. The van der Waals surface area contributed by atoms with E-state index in [1.807, 2.05) is 0 Å². The molecule has 0 aromatic rings. The van der Waals surface area contributed by atoms with Crippen LogP contribution in [0.15, 0.2) is 0 Å². The highest BCUT2D eigenvalue weighted by Gasteiger charge is 2.36. The molecule has 2 saturated carbocycles. The summed E-state index contributed by atoms with van der Waals surface area (Å²) >= 11 is 0. The average Bonchev–Trinajstić information content (AvgIpc) is 3.02. The molecule has 15 heavy (non-hydrogen) atoms. The van der Waals surface area contributed by atoms with Crippen LogP contribution in [-0.2, 0) is 0 Å². The molecular weight excluding hydrogens is 184 g/mol. The molecule has 0 spiro atoms. The molecule has 0 amide bonds. The van der Waals surface area contributed by atoms with E-state index in [4.69, 9.17) is 0 Å². The lowest BCUT2D eigenvalue weighted by Gasteiger charge is -2.37. The monoisotopic (exact) mass is 208 g/mol. The Bertz CT molecular complexity index is 225. The van der Waals surface area contributed by atoms with Crippen molar-refractivity contribution < 1.29 is 0 Å². The van der Waals surface area contributed by atoms with E-state index in [0.717, 1.165) is 23.9 Å². The zero-order valence-electron chi connectivity index (χ0n) is 9.91. The Morgan fingerprint density at radius 3 is 2.67 bits per heavy atom. The van der Waals surface area contributed by atoms with Gasteiger partial charge >= 0.3 is 0 Å². The van der Waals surface area contributed by atoms with Crippen LogP contribution >= 0.6 is 0 Å². The van der Waals surface area contributed by atoms with Crippen LogP contribution in [-0.4, -0.2) is 36.6 Å². The van der Waals surface area contributed by atoms with Crippen molar-refractivity contribution >= 4 is 0 Å². The summed E-state index contributed by atoms with van der Waals surface area (Å²) in [4.78, 5) is 2.78. The van der Waals surface area contributed by atoms with Gasteiger partial charge in [-0.05, 0) is 43.9 Å². The predicted octanol–water partition coefficient (Wildman–Crippen LogP) is 1.86. The topological polar surface area (TPSA) is 15.3 Å². The molecule has 1 N–H and O–H groups in total. The highest BCUT2D eigenvalue weighted by atomic mass is 15.2. The minimum Gasteiger partial charge on any atom is -0.311 e. The van der Waals surface area contributed by atoms with Gasteiger partial charge in [-0.15, -0.1) is 0 Å². The third-order valence-corrected chi connectivity index (χ3v) is 4.61. The molecule has 0 aromatic carbocycles. The summed E-state index contributed by atoms with van der Waals surface area (Å²) in [6.45, 7) is 6.27. The fraction of sp³-hybridized carbons (Fsp3) is 1.00. The minimum atomic E-state index is 0.828. The van der Waals surface area contributed by atoms with Crippen LogP contribution in [0.3, 0.4) is 0 Å². The van der Waals surface area contributed by atoms with Crippen molar-refractivity contribution in [3.63, 3.8) is 0 Å². The predicted molar refractivity (Wildman–Crippen MR) is 62.9 cm³/mol. The Morgan fingerprint density at radius 1 is 1.13 bits per heavy atom. The van der Waals surface area contributed by atoms with Gasteiger partial charge < -0.3 is 5.32 Å². The molecule has 1 aliphatic heterocycles. The third kappa shape index (κ3) is 2.21.